The lowest BCUT2D eigenvalue weighted by molar-refractivity contribution is -0.167. The number of carbonyl (C=O) groups excluding carboxylic acids is 2. The van der Waals surface area contributed by atoms with Crippen molar-refractivity contribution in [3.8, 4) is 0 Å². The van der Waals surface area contributed by atoms with E-state index in [1.807, 2.05) is 0 Å². The normalized spacial score (nSPS) is 45.2. The van der Waals surface area contributed by atoms with Crippen LogP contribution in [0.3, 0.4) is 0 Å². The second kappa shape index (κ2) is 3.76. The highest BCUT2D eigenvalue weighted by Crippen LogP contribution is 2.51. The van der Waals surface area contributed by atoms with Crippen LogP contribution in [0.25, 0.3) is 0 Å². The fraction of sp³-hybridized carbons (Fsp3) is 0.733. The molecule has 2 aliphatic heterocycles. The maximum Gasteiger partial charge on any atom is 0.193 e. The Morgan fingerprint density at radius 3 is 2.89 bits per heavy atom. The van der Waals surface area contributed by atoms with Gasteiger partial charge in [-0.3, -0.25) is 9.59 Å². The minimum atomic E-state index is -1.02. The fourth-order valence-corrected chi connectivity index (χ4v) is 4.51. The van der Waals surface area contributed by atoms with Crippen LogP contribution in [0.1, 0.15) is 44.9 Å². The van der Waals surface area contributed by atoms with Crippen molar-refractivity contribution < 1.29 is 19.4 Å². The second-order valence-electron chi connectivity index (χ2n) is 6.28. The quantitative estimate of drug-likeness (QED) is 0.715. The van der Waals surface area contributed by atoms with Crippen LogP contribution in [0.4, 0.5) is 0 Å². The largest absolute Gasteiger partial charge is 0.385 e. The Kier molecular flexibility index (Phi) is 2.34. The number of fused-ring (bicyclic) bond motifs is 2. The molecule has 2 fully saturated rings. The number of ketones is 2. The van der Waals surface area contributed by atoms with Crippen LogP contribution in [0, 0.1) is 5.92 Å². The summed E-state index contributed by atoms with van der Waals surface area (Å²) in [6, 6.07) is 0. The van der Waals surface area contributed by atoms with Gasteiger partial charge in [0.2, 0.25) is 0 Å². The van der Waals surface area contributed by atoms with E-state index in [-0.39, 0.29) is 24.1 Å². The third-order valence-corrected chi connectivity index (χ3v) is 5.37. The minimum absolute atomic E-state index is 0.0607. The standard InChI is InChI=1S/C15H18O4/c16-11-7-10-13(17)9-4-1-3-8(9)12-5-2-6-15(10,19-12)14(11)18/h10-12,16H,1-7H2. The zero-order valence-corrected chi connectivity index (χ0v) is 10.9. The van der Waals surface area contributed by atoms with Crippen LogP contribution in [0.5, 0.6) is 0 Å². The lowest BCUT2D eigenvalue weighted by Crippen LogP contribution is -2.51. The van der Waals surface area contributed by atoms with Gasteiger partial charge in [0.15, 0.2) is 11.6 Å². The summed E-state index contributed by atoms with van der Waals surface area (Å²) in [4.78, 5) is 25.1. The lowest BCUT2D eigenvalue weighted by Gasteiger charge is -2.39. The molecule has 4 rings (SSSR count). The average molecular weight is 262 g/mol. The van der Waals surface area contributed by atoms with Crippen LogP contribution in [0.2, 0.25) is 0 Å². The number of rotatable bonds is 0. The van der Waals surface area contributed by atoms with E-state index in [1.54, 1.807) is 0 Å². The van der Waals surface area contributed by atoms with Crippen LogP contribution in [0.15, 0.2) is 11.1 Å². The average Bonchev–Trinajstić information content (AvgIpc) is 2.97. The second-order valence-corrected chi connectivity index (χ2v) is 6.28. The van der Waals surface area contributed by atoms with Crippen molar-refractivity contribution in [1.82, 2.24) is 0 Å². The Morgan fingerprint density at radius 2 is 2.05 bits per heavy atom. The molecular weight excluding hydrogens is 244 g/mol. The summed E-state index contributed by atoms with van der Waals surface area (Å²) in [5.74, 6) is -0.609. The van der Waals surface area contributed by atoms with Gasteiger partial charge in [-0.1, -0.05) is 0 Å². The van der Waals surface area contributed by atoms with Crippen molar-refractivity contribution >= 4 is 11.6 Å². The molecule has 0 aromatic heterocycles. The molecule has 4 unspecified atom stereocenters. The molecule has 0 radical (unpaired) electrons. The first-order valence-corrected chi connectivity index (χ1v) is 7.30. The predicted octanol–water partition coefficient (Wildman–Crippen LogP) is 1.31. The minimum Gasteiger partial charge on any atom is -0.385 e. The van der Waals surface area contributed by atoms with E-state index in [4.69, 9.17) is 4.74 Å². The number of hydrogen-bond donors (Lipinski definition) is 1. The fourth-order valence-electron chi connectivity index (χ4n) is 4.51. The number of hydrogen-bond acceptors (Lipinski definition) is 4. The zero-order chi connectivity index (χ0) is 13.2. The van der Waals surface area contributed by atoms with Crippen molar-refractivity contribution in [2.45, 2.75) is 62.8 Å². The molecule has 4 aliphatic rings. The monoisotopic (exact) mass is 262 g/mol. The number of ether oxygens (including phenoxy) is 1. The molecule has 1 spiro atoms. The number of aliphatic hydroxyl groups is 1. The highest BCUT2D eigenvalue weighted by atomic mass is 16.5. The molecule has 4 atom stereocenters. The predicted molar refractivity (Wildman–Crippen MR) is 66.5 cm³/mol. The molecule has 2 heterocycles. The first-order valence-electron chi connectivity index (χ1n) is 7.30. The molecule has 102 valence electrons. The summed E-state index contributed by atoms with van der Waals surface area (Å²) in [7, 11) is 0. The summed E-state index contributed by atoms with van der Waals surface area (Å²) in [6.07, 6.45) is 4.36. The molecule has 4 heteroatoms. The summed E-state index contributed by atoms with van der Waals surface area (Å²) in [5, 5.41) is 9.89. The third-order valence-electron chi connectivity index (χ3n) is 5.37. The van der Waals surface area contributed by atoms with Crippen molar-refractivity contribution in [3.63, 3.8) is 0 Å². The maximum atomic E-state index is 12.7. The SMILES string of the molecule is O=C1C2=C(CCC2)C2CCCC3(O2)C(=O)C(O)CC13. The summed E-state index contributed by atoms with van der Waals surface area (Å²) >= 11 is 0. The van der Waals surface area contributed by atoms with E-state index in [0.29, 0.717) is 6.42 Å². The first kappa shape index (κ1) is 11.8. The van der Waals surface area contributed by atoms with E-state index in [2.05, 4.69) is 0 Å². The van der Waals surface area contributed by atoms with Crippen molar-refractivity contribution in [3.05, 3.63) is 11.1 Å². The van der Waals surface area contributed by atoms with Crippen molar-refractivity contribution in [2.75, 3.05) is 0 Å². The van der Waals surface area contributed by atoms with Gasteiger partial charge < -0.3 is 9.84 Å². The van der Waals surface area contributed by atoms with Gasteiger partial charge in [0, 0.05) is 0 Å². The number of Topliss-reactive ketones (excluding diaryl/α,β-unsaturated/α-hetero) is 2. The van der Waals surface area contributed by atoms with Gasteiger partial charge in [0.25, 0.3) is 0 Å². The zero-order valence-electron chi connectivity index (χ0n) is 10.9. The first-order chi connectivity index (χ1) is 9.13. The molecule has 2 bridgehead atoms. The van der Waals surface area contributed by atoms with Crippen LogP contribution < -0.4 is 0 Å². The van der Waals surface area contributed by atoms with Crippen LogP contribution >= 0.6 is 0 Å². The van der Waals surface area contributed by atoms with Gasteiger partial charge in [-0.15, -0.1) is 0 Å². The van der Waals surface area contributed by atoms with Crippen molar-refractivity contribution in [2.24, 2.45) is 5.92 Å². The molecule has 0 aromatic carbocycles. The van der Waals surface area contributed by atoms with Gasteiger partial charge in [-0.2, -0.15) is 0 Å². The number of allylic oxidation sites excluding steroid dienone is 1. The Morgan fingerprint density at radius 1 is 1.21 bits per heavy atom. The third kappa shape index (κ3) is 1.36. The smallest absolute Gasteiger partial charge is 0.193 e. The highest BCUT2D eigenvalue weighted by Gasteiger charge is 2.62. The lowest BCUT2D eigenvalue weighted by atomic mass is 9.80. The molecule has 19 heavy (non-hydrogen) atoms. The Bertz CT molecular complexity index is 506. The van der Waals surface area contributed by atoms with E-state index in [9.17, 15) is 14.7 Å². The van der Waals surface area contributed by atoms with E-state index in [1.165, 1.54) is 0 Å². The van der Waals surface area contributed by atoms with E-state index < -0.39 is 17.6 Å². The topological polar surface area (TPSA) is 63.6 Å². The maximum absolute atomic E-state index is 12.7. The number of carbonyl (C=O) groups is 2. The summed E-state index contributed by atoms with van der Waals surface area (Å²) in [5.41, 5.74) is 1.06. The number of aliphatic hydroxyl groups excluding tert-OH is 1. The summed E-state index contributed by atoms with van der Waals surface area (Å²) in [6.45, 7) is 0. The molecule has 0 amide bonds. The summed E-state index contributed by atoms with van der Waals surface area (Å²) < 4.78 is 6.14. The van der Waals surface area contributed by atoms with Crippen molar-refractivity contribution in [1.29, 1.82) is 0 Å². The van der Waals surface area contributed by atoms with Gasteiger partial charge in [-0.25, -0.2) is 0 Å². The highest BCUT2D eigenvalue weighted by molar-refractivity contribution is 6.07. The van der Waals surface area contributed by atoms with Gasteiger partial charge in [-0.05, 0) is 56.1 Å². The van der Waals surface area contributed by atoms with Crippen LogP contribution in [-0.2, 0) is 14.3 Å². The molecule has 0 aromatic rings. The molecule has 1 saturated heterocycles. The Balaban J connectivity index is 1.86. The molecule has 1 saturated carbocycles. The Hall–Kier alpha value is -1.00. The van der Waals surface area contributed by atoms with Gasteiger partial charge >= 0.3 is 0 Å². The molecule has 2 aliphatic carbocycles. The van der Waals surface area contributed by atoms with E-state index in [0.717, 1.165) is 43.3 Å². The van der Waals surface area contributed by atoms with Gasteiger partial charge in [0.05, 0.1) is 12.0 Å². The van der Waals surface area contributed by atoms with Gasteiger partial charge in [0.1, 0.15) is 11.7 Å². The molecular formula is C15H18O4. The van der Waals surface area contributed by atoms with Crippen LogP contribution in [-0.4, -0.2) is 34.5 Å². The Labute approximate surface area is 111 Å². The molecule has 1 N–H and O–H groups in total. The van der Waals surface area contributed by atoms with E-state index >= 15 is 0 Å². The molecule has 4 nitrogen and oxygen atoms in total.